The molecule has 1 unspecified atom stereocenters. The molecule has 0 spiro atoms. The molecule has 106 valence electrons. The predicted octanol–water partition coefficient (Wildman–Crippen LogP) is 4.48. The van der Waals surface area contributed by atoms with E-state index < -0.39 is 0 Å². The Kier molecular flexibility index (Phi) is 4.49. The zero-order valence-corrected chi connectivity index (χ0v) is 12.7. The van der Waals surface area contributed by atoms with Crippen molar-refractivity contribution in [3.8, 4) is 11.5 Å². The van der Waals surface area contributed by atoms with E-state index in [-0.39, 0.29) is 17.6 Å². The molecule has 0 aliphatic heterocycles. The highest BCUT2D eigenvalue weighted by molar-refractivity contribution is 9.10. The summed E-state index contributed by atoms with van der Waals surface area (Å²) in [7, 11) is 1.50. The van der Waals surface area contributed by atoms with Crippen LogP contribution >= 0.6 is 15.9 Å². The molecule has 0 aromatic heterocycles. The standard InChI is InChI=1S/C15H15BrFNO2/c1-9(12-5-3-10(17)7-13(12)16)18-11-4-6-15(20-2)14(19)8-11/h3-9,18-19H,1-2H3. The first-order valence-corrected chi connectivity index (χ1v) is 6.89. The Morgan fingerprint density at radius 3 is 2.60 bits per heavy atom. The average Bonchev–Trinajstić information content (AvgIpc) is 2.38. The highest BCUT2D eigenvalue weighted by Crippen LogP contribution is 2.31. The van der Waals surface area contributed by atoms with Crippen LogP contribution in [0.4, 0.5) is 10.1 Å². The van der Waals surface area contributed by atoms with Gasteiger partial charge in [-0.15, -0.1) is 0 Å². The van der Waals surface area contributed by atoms with Gasteiger partial charge in [0.1, 0.15) is 5.82 Å². The highest BCUT2D eigenvalue weighted by atomic mass is 79.9. The number of nitrogens with one attached hydrogen (secondary N) is 1. The molecule has 0 bridgehead atoms. The number of ether oxygens (including phenoxy) is 1. The van der Waals surface area contributed by atoms with Gasteiger partial charge in [-0.3, -0.25) is 0 Å². The number of hydrogen-bond acceptors (Lipinski definition) is 3. The Morgan fingerprint density at radius 2 is 2.00 bits per heavy atom. The third kappa shape index (κ3) is 3.22. The van der Waals surface area contributed by atoms with Gasteiger partial charge in [0, 0.05) is 22.3 Å². The summed E-state index contributed by atoms with van der Waals surface area (Å²) < 4.78 is 18.8. The zero-order chi connectivity index (χ0) is 14.7. The quantitative estimate of drug-likeness (QED) is 0.863. The number of phenolic OH excluding ortho intramolecular Hbond substituents is 1. The summed E-state index contributed by atoms with van der Waals surface area (Å²) in [4.78, 5) is 0. The Labute approximate surface area is 125 Å². The summed E-state index contributed by atoms with van der Waals surface area (Å²) in [6, 6.07) is 9.62. The maximum Gasteiger partial charge on any atom is 0.160 e. The van der Waals surface area contributed by atoms with Crippen molar-refractivity contribution in [3.63, 3.8) is 0 Å². The molecule has 0 fully saturated rings. The molecule has 2 N–H and O–H groups in total. The maximum atomic E-state index is 13.1. The Bertz CT molecular complexity index is 619. The molecular weight excluding hydrogens is 325 g/mol. The Morgan fingerprint density at radius 1 is 1.25 bits per heavy atom. The molecule has 2 aromatic carbocycles. The predicted molar refractivity (Wildman–Crippen MR) is 80.8 cm³/mol. The topological polar surface area (TPSA) is 41.5 Å². The minimum absolute atomic E-state index is 0.0437. The van der Waals surface area contributed by atoms with Gasteiger partial charge in [-0.1, -0.05) is 22.0 Å². The minimum Gasteiger partial charge on any atom is -0.504 e. The van der Waals surface area contributed by atoms with E-state index in [1.165, 1.54) is 19.2 Å². The fraction of sp³-hybridized carbons (Fsp3) is 0.200. The number of phenols is 1. The third-order valence-corrected chi connectivity index (χ3v) is 3.68. The zero-order valence-electron chi connectivity index (χ0n) is 11.2. The molecule has 2 aromatic rings. The van der Waals surface area contributed by atoms with Gasteiger partial charge in [0.25, 0.3) is 0 Å². The summed E-state index contributed by atoms with van der Waals surface area (Å²) >= 11 is 3.35. The van der Waals surface area contributed by atoms with Crippen molar-refractivity contribution in [2.24, 2.45) is 0 Å². The number of benzene rings is 2. The van der Waals surface area contributed by atoms with Gasteiger partial charge in [0.15, 0.2) is 11.5 Å². The number of methoxy groups -OCH3 is 1. The highest BCUT2D eigenvalue weighted by Gasteiger charge is 2.11. The molecule has 5 heteroatoms. The second-order valence-electron chi connectivity index (χ2n) is 4.42. The van der Waals surface area contributed by atoms with Crippen LogP contribution in [-0.2, 0) is 0 Å². The molecule has 0 heterocycles. The van der Waals surface area contributed by atoms with Crippen LogP contribution in [0.2, 0.25) is 0 Å². The number of hydrogen-bond donors (Lipinski definition) is 2. The fourth-order valence-corrected chi connectivity index (χ4v) is 2.65. The first-order valence-electron chi connectivity index (χ1n) is 6.09. The average molecular weight is 340 g/mol. The van der Waals surface area contributed by atoms with Gasteiger partial charge in [0.05, 0.1) is 7.11 Å². The van der Waals surface area contributed by atoms with Crippen LogP contribution in [0.1, 0.15) is 18.5 Å². The second-order valence-corrected chi connectivity index (χ2v) is 5.27. The van der Waals surface area contributed by atoms with Crippen LogP contribution in [0.25, 0.3) is 0 Å². The lowest BCUT2D eigenvalue weighted by molar-refractivity contribution is 0.373. The van der Waals surface area contributed by atoms with Crippen LogP contribution in [0.3, 0.4) is 0 Å². The van der Waals surface area contributed by atoms with Gasteiger partial charge in [-0.05, 0) is 36.8 Å². The third-order valence-electron chi connectivity index (χ3n) is 2.99. The van der Waals surface area contributed by atoms with E-state index in [9.17, 15) is 9.50 Å². The van der Waals surface area contributed by atoms with Crippen LogP contribution in [0, 0.1) is 5.82 Å². The molecule has 0 aliphatic carbocycles. The normalized spacial score (nSPS) is 12.0. The maximum absolute atomic E-state index is 13.1. The van der Waals surface area contributed by atoms with Crippen molar-refractivity contribution < 1.29 is 14.2 Å². The Hall–Kier alpha value is -1.75. The SMILES string of the molecule is COc1ccc(NC(C)c2ccc(F)cc2Br)cc1O. The smallest absolute Gasteiger partial charge is 0.160 e. The van der Waals surface area contributed by atoms with E-state index in [0.717, 1.165) is 11.3 Å². The molecule has 0 aliphatic rings. The van der Waals surface area contributed by atoms with E-state index in [4.69, 9.17) is 4.74 Å². The van der Waals surface area contributed by atoms with Crippen molar-refractivity contribution in [1.29, 1.82) is 0 Å². The van der Waals surface area contributed by atoms with E-state index in [1.54, 1.807) is 18.2 Å². The number of anilines is 1. The molecule has 0 radical (unpaired) electrons. The fourth-order valence-electron chi connectivity index (χ4n) is 1.96. The summed E-state index contributed by atoms with van der Waals surface area (Å²) in [5.74, 6) is 0.212. The van der Waals surface area contributed by atoms with Crippen molar-refractivity contribution in [2.45, 2.75) is 13.0 Å². The molecule has 0 saturated heterocycles. The van der Waals surface area contributed by atoms with Crippen molar-refractivity contribution in [1.82, 2.24) is 0 Å². The second kappa shape index (κ2) is 6.13. The van der Waals surface area contributed by atoms with Crippen molar-refractivity contribution in [2.75, 3.05) is 12.4 Å². The molecule has 2 rings (SSSR count). The molecule has 0 saturated carbocycles. The lowest BCUT2D eigenvalue weighted by Gasteiger charge is -2.18. The molecular formula is C15H15BrFNO2. The minimum atomic E-state index is -0.282. The van der Waals surface area contributed by atoms with E-state index in [1.807, 2.05) is 13.0 Å². The summed E-state index contributed by atoms with van der Waals surface area (Å²) in [6.45, 7) is 1.96. The Balaban J connectivity index is 2.18. The van der Waals surface area contributed by atoms with Gasteiger partial charge < -0.3 is 15.2 Å². The lowest BCUT2D eigenvalue weighted by atomic mass is 10.1. The van der Waals surface area contributed by atoms with E-state index >= 15 is 0 Å². The molecule has 0 amide bonds. The van der Waals surface area contributed by atoms with Crippen molar-refractivity contribution in [3.05, 3.63) is 52.3 Å². The van der Waals surface area contributed by atoms with Crippen molar-refractivity contribution >= 4 is 21.6 Å². The molecule has 20 heavy (non-hydrogen) atoms. The lowest BCUT2D eigenvalue weighted by Crippen LogP contribution is -2.07. The van der Waals surface area contributed by atoms with E-state index in [0.29, 0.717) is 10.2 Å². The monoisotopic (exact) mass is 339 g/mol. The van der Waals surface area contributed by atoms with Crippen LogP contribution < -0.4 is 10.1 Å². The first kappa shape index (κ1) is 14.7. The number of halogens is 2. The van der Waals surface area contributed by atoms with E-state index in [2.05, 4.69) is 21.2 Å². The largest absolute Gasteiger partial charge is 0.504 e. The van der Waals surface area contributed by atoms with Gasteiger partial charge in [-0.2, -0.15) is 0 Å². The summed E-state index contributed by atoms with van der Waals surface area (Å²) in [5, 5.41) is 13.0. The number of aromatic hydroxyl groups is 1. The molecule has 3 nitrogen and oxygen atoms in total. The van der Waals surface area contributed by atoms with Gasteiger partial charge in [-0.25, -0.2) is 4.39 Å². The number of rotatable bonds is 4. The van der Waals surface area contributed by atoms with Gasteiger partial charge in [0.2, 0.25) is 0 Å². The van der Waals surface area contributed by atoms with Crippen LogP contribution in [0.5, 0.6) is 11.5 Å². The summed E-state index contributed by atoms with van der Waals surface area (Å²) in [5.41, 5.74) is 1.69. The summed E-state index contributed by atoms with van der Waals surface area (Å²) in [6.07, 6.45) is 0. The van der Waals surface area contributed by atoms with Crippen LogP contribution in [0.15, 0.2) is 40.9 Å². The van der Waals surface area contributed by atoms with Crippen LogP contribution in [-0.4, -0.2) is 12.2 Å². The first-order chi connectivity index (χ1) is 9.51. The molecule has 1 atom stereocenters. The van der Waals surface area contributed by atoms with Gasteiger partial charge >= 0.3 is 0 Å².